The van der Waals surface area contributed by atoms with E-state index in [9.17, 15) is 0 Å². The average Bonchev–Trinajstić information content (AvgIpc) is 3.69. The van der Waals surface area contributed by atoms with Crippen LogP contribution in [0, 0.1) is 0 Å². The molecule has 1 aliphatic carbocycles. The zero-order valence-corrected chi connectivity index (χ0v) is 38.1. The van der Waals surface area contributed by atoms with Crippen LogP contribution in [0.5, 0.6) is 0 Å². The lowest BCUT2D eigenvalue weighted by molar-refractivity contribution is 0.590. The van der Waals surface area contributed by atoms with Crippen LogP contribution in [0.2, 0.25) is 0 Å². The number of hydrogen-bond donors (Lipinski definition) is 0. The third kappa shape index (κ3) is 6.80. The molecule has 0 bridgehead atoms. The van der Waals surface area contributed by atoms with Crippen molar-refractivity contribution in [1.29, 1.82) is 0 Å². The minimum Gasteiger partial charge on any atom is -0.311 e. The van der Waals surface area contributed by atoms with Crippen molar-refractivity contribution in [3.63, 3.8) is 0 Å². The van der Waals surface area contributed by atoms with Crippen molar-refractivity contribution in [3.05, 3.63) is 191 Å². The minimum absolute atomic E-state index is 0.0524. The first kappa shape index (κ1) is 39.5. The molecule has 0 amide bonds. The van der Waals surface area contributed by atoms with E-state index in [-0.39, 0.29) is 17.5 Å². The summed E-state index contributed by atoms with van der Waals surface area (Å²) in [6.45, 7) is 14.1. The Morgan fingerprint density at radius 2 is 1.02 bits per heavy atom. The van der Waals surface area contributed by atoms with E-state index in [1.165, 1.54) is 84.9 Å². The zero-order chi connectivity index (χ0) is 43.0. The Labute approximate surface area is 378 Å². The standard InChI is InChI=1S/C58H54BN3S/c1-57(2,3)41-28-32-46(33-29-41)60(45-30-26-40(27-31-45)39-18-10-7-11-19-39)47-34-35-49-50(38-47)61(43-20-12-8-13-21-43)51-36-42(58(4,5)6)37-52-54(51)59(49)56-55(48-24-16-17-25-53(48)63-56)62(52)44-22-14-9-15-23-44/h7-15,18-23,26-38H,16-17,24-25H2,1-6H3. The van der Waals surface area contributed by atoms with Crippen LogP contribution in [0.1, 0.15) is 76.0 Å². The lowest BCUT2D eigenvalue weighted by Gasteiger charge is -2.44. The largest absolute Gasteiger partial charge is 0.311 e. The van der Waals surface area contributed by atoms with Gasteiger partial charge in [0.15, 0.2) is 0 Å². The highest BCUT2D eigenvalue weighted by atomic mass is 32.1. The molecule has 0 fully saturated rings. The minimum atomic E-state index is -0.0792. The summed E-state index contributed by atoms with van der Waals surface area (Å²) in [4.78, 5) is 9.24. The lowest BCUT2D eigenvalue weighted by atomic mass is 9.36. The van der Waals surface area contributed by atoms with E-state index in [4.69, 9.17) is 0 Å². The number of para-hydroxylation sites is 2. The Hall–Kier alpha value is -6.30. The molecule has 8 aromatic rings. The van der Waals surface area contributed by atoms with E-state index in [0.29, 0.717) is 0 Å². The number of rotatable bonds is 6. The maximum atomic E-state index is 2.64. The van der Waals surface area contributed by atoms with Gasteiger partial charge in [0.1, 0.15) is 0 Å². The van der Waals surface area contributed by atoms with Gasteiger partial charge in [-0.15, -0.1) is 0 Å². The van der Waals surface area contributed by atoms with Gasteiger partial charge in [0.05, 0.1) is 5.69 Å². The van der Waals surface area contributed by atoms with Gasteiger partial charge in [-0.05, 0) is 148 Å². The van der Waals surface area contributed by atoms with E-state index in [0.717, 1.165) is 29.9 Å². The van der Waals surface area contributed by atoms with Gasteiger partial charge in [0.2, 0.25) is 0 Å². The molecule has 0 atom stereocenters. The summed E-state index contributed by atoms with van der Waals surface area (Å²) in [6.07, 6.45) is 4.79. The summed E-state index contributed by atoms with van der Waals surface area (Å²) in [5, 5.41) is 0. The molecule has 3 heterocycles. The highest BCUT2D eigenvalue weighted by molar-refractivity contribution is 7.29. The maximum Gasteiger partial charge on any atom is 0.264 e. The van der Waals surface area contributed by atoms with Crippen molar-refractivity contribution in [3.8, 4) is 11.1 Å². The Balaban J connectivity index is 1.17. The molecule has 0 saturated carbocycles. The Bertz CT molecular complexity index is 2960. The van der Waals surface area contributed by atoms with Crippen LogP contribution in [-0.2, 0) is 23.7 Å². The molecule has 2 aliphatic heterocycles. The summed E-state index contributed by atoms with van der Waals surface area (Å²) in [6, 6.07) is 63.6. The lowest BCUT2D eigenvalue weighted by Crippen LogP contribution is -2.60. The van der Waals surface area contributed by atoms with E-state index in [1.54, 1.807) is 10.4 Å². The van der Waals surface area contributed by atoms with Crippen LogP contribution in [0.3, 0.4) is 0 Å². The molecule has 310 valence electrons. The van der Waals surface area contributed by atoms with Crippen LogP contribution in [0.25, 0.3) is 11.1 Å². The molecule has 1 aromatic heterocycles. The molecule has 7 aromatic carbocycles. The van der Waals surface area contributed by atoms with Crippen LogP contribution in [-0.4, -0.2) is 6.71 Å². The van der Waals surface area contributed by atoms with Gasteiger partial charge in [-0.3, -0.25) is 0 Å². The fourth-order valence-electron chi connectivity index (χ4n) is 10.2. The fourth-order valence-corrected chi connectivity index (χ4v) is 11.7. The van der Waals surface area contributed by atoms with Crippen LogP contribution < -0.4 is 30.4 Å². The van der Waals surface area contributed by atoms with Crippen molar-refractivity contribution in [1.82, 2.24) is 0 Å². The Kier molecular flexibility index (Phi) is 9.54. The van der Waals surface area contributed by atoms with Gasteiger partial charge >= 0.3 is 0 Å². The number of benzene rings is 7. The molecule has 0 radical (unpaired) electrons. The smallest absolute Gasteiger partial charge is 0.264 e. The second-order valence-electron chi connectivity index (χ2n) is 19.7. The Morgan fingerprint density at radius 3 is 1.63 bits per heavy atom. The maximum absolute atomic E-state index is 2.64. The number of nitrogens with zero attached hydrogens (tertiary/aromatic N) is 3. The van der Waals surface area contributed by atoms with E-state index in [2.05, 4.69) is 237 Å². The van der Waals surface area contributed by atoms with Gasteiger partial charge in [-0.1, -0.05) is 139 Å². The van der Waals surface area contributed by atoms with E-state index in [1.807, 2.05) is 0 Å². The van der Waals surface area contributed by atoms with E-state index >= 15 is 0 Å². The third-order valence-corrected chi connectivity index (χ3v) is 14.9. The molecule has 0 N–H and O–H groups in total. The molecular weight excluding hydrogens is 782 g/mol. The number of anilines is 9. The van der Waals surface area contributed by atoms with Crippen molar-refractivity contribution in [2.45, 2.75) is 78.1 Å². The van der Waals surface area contributed by atoms with E-state index < -0.39 is 0 Å². The van der Waals surface area contributed by atoms with Gasteiger partial charge in [0, 0.05) is 55.2 Å². The molecular formula is C58H54BN3S. The number of fused-ring (bicyclic) bond motifs is 6. The second-order valence-corrected chi connectivity index (χ2v) is 20.8. The van der Waals surface area contributed by atoms with Crippen molar-refractivity contribution in [2.75, 3.05) is 14.7 Å². The predicted molar refractivity (Wildman–Crippen MR) is 273 cm³/mol. The Morgan fingerprint density at radius 1 is 0.492 bits per heavy atom. The SMILES string of the molecule is CC(C)(C)c1ccc(N(c2ccc(-c3ccccc3)cc2)c2ccc3c(c2)N(c2ccccc2)c2cc(C(C)(C)C)cc4c2B3c2sc3c(c2N4c2ccccc2)CCCC3)cc1. The van der Waals surface area contributed by atoms with Crippen molar-refractivity contribution < 1.29 is 0 Å². The quantitative estimate of drug-likeness (QED) is 0.155. The van der Waals surface area contributed by atoms with Crippen LogP contribution in [0.15, 0.2) is 170 Å². The average molecular weight is 836 g/mol. The highest BCUT2D eigenvalue weighted by Gasteiger charge is 2.47. The molecule has 3 nitrogen and oxygen atoms in total. The molecule has 63 heavy (non-hydrogen) atoms. The summed E-state index contributed by atoms with van der Waals surface area (Å²) >= 11 is 2.08. The normalized spacial score (nSPS) is 14.2. The molecule has 5 heteroatoms. The van der Waals surface area contributed by atoms with Gasteiger partial charge in [-0.2, -0.15) is 11.3 Å². The van der Waals surface area contributed by atoms with Gasteiger partial charge < -0.3 is 14.7 Å². The summed E-state index contributed by atoms with van der Waals surface area (Å²) in [5.41, 5.74) is 20.4. The molecule has 11 rings (SSSR count). The second kappa shape index (κ2) is 15.2. The predicted octanol–water partition coefficient (Wildman–Crippen LogP) is 14.4. The first-order valence-corrected chi connectivity index (χ1v) is 23.6. The molecule has 0 saturated heterocycles. The summed E-state index contributed by atoms with van der Waals surface area (Å²) in [5.74, 6) is 0. The topological polar surface area (TPSA) is 9.72 Å². The highest BCUT2D eigenvalue weighted by Crippen LogP contribution is 2.50. The third-order valence-electron chi connectivity index (χ3n) is 13.5. The summed E-state index contributed by atoms with van der Waals surface area (Å²) < 4.78 is 1.48. The molecule has 0 spiro atoms. The summed E-state index contributed by atoms with van der Waals surface area (Å²) in [7, 11) is 0. The number of aryl methyl sites for hydroxylation is 1. The molecule has 0 unspecified atom stereocenters. The van der Waals surface area contributed by atoms with Gasteiger partial charge in [-0.25, -0.2) is 0 Å². The number of hydrogen-bond acceptors (Lipinski definition) is 4. The number of thiophene rings is 1. The van der Waals surface area contributed by atoms with Crippen LogP contribution >= 0.6 is 11.3 Å². The monoisotopic (exact) mass is 835 g/mol. The fraction of sp³-hybridized carbons (Fsp3) is 0.207. The first-order chi connectivity index (χ1) is 30.5. The molecule has 3 aliphatic rings. The van der Waals surface area contributed by atoms with Gasteiger partial charge in [0.25, 0.3) is 6.71 Å². The first-order valence-electron chi connectivity index (χ1n) is 22.8. The van der Waals surface area contributed by atoms with Crippen LogP contribution in [0.4, 0.5) is 51.2 Å². The zero-order valence-electron chi connectivity index (χ0n) is 37.3. The van der Waals surface area contributed by atoms with Crippen molar-refractivity contribution in [2.24, 2.45) is 0 Å². The van der Waals surface area contributed by atoms with Crippen molar-refractivity contribution >= 4 is 84.9 Å².